The van der Waals surface area contributed by atoms with Crippen LogP contribution < -0.4 is 9.62 Å². The quantitative estimate of drug-likeness (QED) is 0.364. The van der Waals surface area contributed by atoms with Crippen molar-refractivity contribution in [1.29, 1.82) is 0 Å². The molecule has 7 nitrogen and oxygen atoms in total. The van der Waals surface area contributed by atoms with Gasteiger partial charge in [-0.3, -0.25) is 13.9 Å². The summed E-state index contributed by atoms with van der Waals surface area (Å²) in [6.45, 7) is 5.33. The molecule has 38 heavy (non-hydrogen) atoms. The maximum Gasteiger partial charge on any atom is 0.244 e. The number of benzene rings is 3. The molecule has 3 aromatic carbocycles. The van der Waals surface area contributed by atoms with Crippen LogP contribution in [0, 0.1) is 0 Å². The first-order valence-electron chi connectivity index (χ1n) is 12.3. The third kappa shape index (κ3) is 8.43. The number of hydrogen-bond acceptors (Lipinski definition) is 4. The highest BCUT2D eigenvalue weighted by atomic mass is 79.9. The lowest BCUT2D eigenvalue weighted by atomic mass is 10.0. The molecule has 0 saturated carbocycles. The van der Waals surface area contributed by atoms with Gasteiger partial charge in [0.1, 0.15) is 12.6 Å². The van der Waals surface area contributed by atoms with Crippen LogP contribution in [-0.4, -0.2) is 49.5 Å². The van der Waals surface area contributed by atoms with Crippen molar-refractivity contribution in [3.8, 4) is 0 Å². The van der Waals surface area contributed by atoms with E-state index in [4.69, 9.17) is 0 Å². The Bertz CT molecular complexity index is 1340. The van der Waals surface area contributed by atoms with Crippen LogP contribution in [-0.2, 0) is 32.6 Å². The average Bonchev–Trinajstić information content (AvgIpc) is 2.84. The van der Waals surface area contributed by atoms with Gasteiger partial charge in [-0.2, -0.15) is 0 Å². The van der Waals surface area contributed by atoms with Crippen LogP contribution in [0.25, 0.3) is 0 Å². The zero-order chi connectivity index (χ0) is 27.9. The standard InChI is InChI=1S/C29H34BrN3O4S/c1-29(2,3)31-28(35)26(19-22-13-7-5-8-14-22)32(20-23-15-9-6-10-16-23)27(34)21-33(38(4,36)37)25-18-12-11-17-24(25)30/h5-18,26H,19-21H2,1-4H3,(H,31,35)/t26-/m1/s1. The smallest absolute Gasteiger partial charge is 0.244 e. The molecule has 0 unspecified atom stereocenters. The van der Waals surface area contributed by atoms with Gasteiger partial charge in [0.15, 0.2) is 0 Å². The van der Waals surface area contributed by atoms with E-state index in [0.717, 1.165) is 21.7 Å². The Hall–Kier alpha value is -3.17. The molecule has 202 valence electrons. The molecular formula is C29H34BrN3O4S. The maximum atomic E-state index is 14.0. The van der Waals surface area contributed by atoms with Gasteiger partial charge >= 0.3 is 0 Å². The second-order valence-electron chi connectivity index (χ2n) is 10.2. The topological polar surface area (TPSA) is 86.8 Å². The van der Waals surface area contributed by atoms with Crippen LogP contribution in [0.5, 0.6) is 0 Å². The normalized spacial score (nSPS) is 12.4. The van der Waals surface area contributed by atoms with Gasteiger partial charge in [-0.25, -0.2) is 8.42 Å². The molecule has 0 aliphatic heterocycles. The number of rotatable bonds is 10. The molecule has 0 spiro atoms. The first-order valence-corrected chi connectivity index (χ1v) is 14.9. The van der Waals surface area contributed by atoms with Crippen LogP contribution in [0.2, 0.25) is 0 Å². The van der Waals surface area contributed by atoms with E-state index < -0.39 is 34.1 Å². The number of carbonyl (C=O) groups is 2. The highest BCUT2D eigenvalue weighted by Gasteiger charge is 2.34. The van der Waals surface area contributed by atoms with Crippen molar-refractivity contribution >= 4 is 43.5 Å². The van der Waals surface area contributed by atoms with Crippen LogP contribution in [0.3, 0.4) is 0 Å². The summed E-state index contributed by atoms with van der Waals surface area (Å²) in [6.07, 6.45) is 1.34. The fourth-order valence-electron chi connectivity index (χ4n) is 4.04. The number of hydrogen-bond donors (Lipinski definition) is 1. The Kier molecular flexibility index (Phi) is 9.73. The highest BCUT2D eigenvalue weighted by molar-refractivity contribution is 9.10. The summed E-state index contributed by atoms with van der Waals surface area (Å²) in [6, 6.07) is 24.8. The van der Waals surface area contributed by atoms with E-state index in [1.807, 2.05) is 81.4 Å². The van der Waals surface area contributed by atoms with Crippen molar-refractivity contribution in [3.63, 3.8) is 0 Å². The molecule has 2 amide bonds. The molecule has 1 N–H and O–H groups in total. The molecule has 0 saturated heterocycles. The minimum absolute atomic E-state index is 0.141. The number of para-hydroxylation sites is 1. The van der Waals surface area contributed by atoms with E-state index in [2.05, 4.69) is 21.2 Å². The van der Waals surface area contributed by atoms with Gasteiger partial charge in [-0.05, 0) is 60.0 Å². The Balaban J connectivity index is 2.06. The number of carbonyl (C=O) groups excluding carboxylic acids is 2. The van der Waals surface area contributed by atoms with E-state index in [9.17, 15) is 18.0 Å². The van der Waals surface area contributed by atoms with E-state index >= 15 is 0 Å². The monoisotopic (exact) mass is 599 g/mol. The summed E-state index contributed by atoms with van der Waals surface area (Å²) in [4.78, 5) is 29.2. The lowest BCUT2D eigenvalue weighted by Gasteiger charge is -2.35. The summed E-state index contributed by atoms with van der Waals surface area (Å²) in [5, 5.41) is 3.01. The van der Waals surface area contributed by atoms with E-state index in [1.165, 1.54) is 4.90 Å². The van der Waals surface area contributed by atoms with Gasteiger partial charge in [-0.1, -0.05) is 72.8 Å². The molecule has 0 fully saturated rings. The number of halogens is 1. The van der Waals surface area contributed by atoms with Gasteiger partial charge in [0, 0.05) is 23.0 Å². The molecule has 3 aromatic rings. The van der Waals surface area contributed by atoms with Gasteiger partial charge in [-0.15, -0.1) is 0 Å². The molecule has 0 bridgehead atoms. The molecule has 9 heteroatoms. The number of anilines is 1. The van der Waals surface area contributed by atoms with Gasteiger partial charge in [0.25, 0.3) is 0 Å². The Labute approximate surface area is 234 Å². The molecular weight excluding hydrogens is 566 g/mol. The first kappa shape index (κ1) is 29.4. The Morgan fingerprint density at radius 3 is 1.92 bits per heavy atom. The van der Waals surface area contributed by atoms with Crippen LogP contribution >= 0.6 is 15.9 Å². The van der Waals surface area contributed by atoms with Crippen LogP contribution in [0.4, 0.5) is 5.69 Å². The molecule has 0 radical (unpaired) electrons. The SMILES string of the molecule is CC(C)(C)NC(=O)[C@@H](Cc1ccccc1)N(Cc1ccccc1)C(=O)CN(c1ccccc1Br)S(C)(=O)=O. The molecule has 0 aliphatic rings. The number of nitrogens with one attached hydrogen (secondary N) is 1. The molecule has 1 atom stereocenters. The van der Waals surface area contributed by atoms with Crippen molar-refractivity contribution in [2.24, 2.45) is 0 Å². The highest BCUT2D eigenvalue weighted by Crippen LogP contribution is 2.28. The zero-order valence-corrected chi connectivity index (χ0v) is 24.5. The summed E-state index contributed by atoms with van der Waals surface area (Å²) >= 11 is 3.40. The lowest BCUT2D eigenvalue weighted by Crippen LogP contribution is -2.56. The maximum absolute atomic E-state index is 14.0. The van der Waals surface area contributed by atoms with Crippen molar-refractivity contribution in [2.75, 3.05) is 17.1 Å². The van der Waals surface area contributed by atoms with Crippen molar-refractivity contribution < 1.29 is 18.0 Å². The third-order valence-electron chi connectivity index (χ3n) is 5.77. The van der Waals surface area contributed by atoms with Crippen molar-refractivity contribution in [3.05, 3.63) is 101 Å². The summed E-state index contributed by atoms with van der Waals surface area (Å²) < 4.78 is 27.3. The molecule has 3 rings (SSSR count). The average molecular weight is 601 g/mol. The Morgan fingerprint density at radius 1 is 0.868 bits per heavy atom. The van der Waals surface area contributed by atoms with Crippen LogP contribution in [0.15, 0.2) is 89.4 Å². The minimum atomic E-state index is -3.82. The van der Waals surface area contributed by atoms with Gasteiger partial charge < -0.3 is 10.2 Å². The molecule has 0 aliphatic carbocycles. The first-order chi connectivity index (χ1) is 17.8. The fraction of sp³-hybridized carbons (Fsp3) is 0.310. The Morgan fingerprint density at radius 2 is 1.39 bits per heavy atom. The van der Waals surface area contributed by atoms with Crippen molar-refractivity contribution in [1.82, 2.24) is 10.2 Å². The van der Waals surface area contributed by atoms with E-state index in [-0.39, 0.29) is 18.9 Å². The predicted octanol–water partition coefficient (Wildman–Crippen LogP) is 4.77. The second kappa shape index (κ2) is 12.6. The molecule has 0 aromatic heterocycles. The summed E-state index contributed by atoms with van der Waals surface area (Å²) in [5.41, 5.74) is 1.54. The third-order valence-corrected chi connectivity index (χ3v) is 7.56. The second-order valence-corrected chi connectivity index (χ2v) is 12.9. The largest absolute Gasteiger partial charge is 0.350 e. The van der Waals surface area contributed by atoms with Gasteiger partial charge in [0.2, 0.25) is 21.8 Å². The number of nitrogens with zero attached hydrogens (tertiary/aromatic N) is 2. The van der Waals surface area contributed by atoms with Crippen molar-refractivity contribution in [2.45, 2.75) is 45.3 Å². The summed E-state index contributed by atoms with van der Waals surface area (Å²) in [5.74, 6) is -0.794. The van der Waals surface area contributed by atoms with E-state index in [1.54, 1.807) is 24.3 Å². The van der Waals surface area contributed by atoms with Gasteiger partial charge in [0.05, 0.1) is 11.9 Å². The zero-order valence-electron chi connectivity index (χ0n) is 22.1. The molecule has 0 heterocycles. The number of amides is 2. The predicted molar refractivity (Wildman–Crippen MR) is 155 cm³/mol. The fourth-order valence-corrected chi connectivity index (χ4v) is 5.51. The van der Waals surface area contributed by atoms with Crippen LogP contribution in [0.1, 0.15) is 31.9 Å². The summed E-state index contributed by atoms with van der Waals surface area (Å²) in [7, 11) is -3.82. The minimum Gasteiger partial charge on any atom is -0.350 e. The van der Waals surface area contributed by atoms with E-state index in [0.29, 0.717) is 10.2 Å². The number of sulfonamides is 1. The lowest BCUT2D eigenvalue weighted by molar-refractivity contribution is -0.140.